The Kier molecular flexibility index (Phi) is 6.01. The molecule has 2 aromatic carbocycles. The van der Waals surface area contributed by atoms with Crippen LogP contribution in [0.2, 0.25) is 0 Å². The molecular formula is C18H19BrO3. The highest BCUT2D eigenvalue weighted by Crippen LogP contribution is 2.22. The van der Waals surface area contributed by atoms with E-state index in [0.29, 0.717) is 0 Å². The monoisotopic (exact) mass is 362 g/mol. The summed E-state index contributed by atoms with van der Waals surface area (Å²) in [6.07, 6.45) is 0. The Balaban J connectivity index is 1.96. The molecule has 0 aromatic heterocycles. The molecule has 0 aliphatic heterocycles. The molecule has 0 saturated carbocycles. The SMILES string of the molecule is CC(C)C(Br)C(=O)OCc1cccc(Oc2ccccc2)c1. The van der Waals surface area contributed by atoms with Crippen LogP contribution in [0.15, 0.2) is 54.6 Å². The lowest BCUT2D eigenvalue weighted by molar-refractivity contribution is -0.144. The average molecular weight is 363 g/mol. The zero-order valence-electron chi connectivity index (χ0n) is 12.7. The standard InChI is InChI=1S/C18H19BrO3/c1-13(2)17(19)18(20)21-12-14-7-6-10-16(11-14)22-15-8-4-3-5-9-15/h3-11,13,17H,12H2,1-2H3. The highest BCUT2D eigenvalue weighted by molar-refractivity contribution is 9.10. The van der Waals surface area contributed by atoms with E-state index in [-0.39, 0.29) is 23.3 Å². The van der Waals surface area contributed by atoms with Gasteiger partial charge in [-0.05, 0) is 35.7 Å². The van der Waals surface area contributed by atoms with Crippen molar-refractivity contribution in [2.24, 2.45) is 5.92 Å². The Labute approximate surface area is 139 Å². The molecule has 1 unspecified atom stereocenters. The first-order valence-electron chi connectivity index (χ1n) is 7.19. The van der Waals surface area contributed by atoms with Crippen LogP contribution in [0.4, 0.5) is 0 Å². The van der Waals surface area contributed by atoms with Gasteiger partial charge in [0.1, 0.15) is 22.9 Å². The topological polar surface area (TPSA) is 35.5 Å². The highest BCUT2D eigenvalue weighted by atomic mass is 79.9. The van der Waals surface area contributed by atoms with Crippen molar-refractivity contribution in [2.45, 2.75) is 25.3 Å². The van der Waals surface area contributed by atoms with Crippen molar-refractivity contribution in [1.82, 2.24) is 0 Å². The fraction of sp³-hybridized carbons (Fsp3) is 0.278. The third kappa shape index (κ3) is 4.88. The van der Waals surface area contributed by atoms with Crippen molar-refractivity contribution in [2.75, 3.05) is 0 Å². The fourth-order valence-corrected chi connectivity index (χ4v) is 1.96. The van der Waals surface area contributed by atoms with Crippen molar-refractivity contribution in [1.29, 1.82) is 0 Å². The molecule has 116 valence electrons. The second-order valence-electron chi connectivity index (χ2n) is 5.32. The van der Waals surface area contributed by atoms with Gasteiger partial charge in [0, 0.05) is 0 Å². The molecule has 0 heterocycles. The molecule has 0 aliphatic rings. The van der Waals surface area contributed by atoms with E-state index in [1.54, 1.807) is 0 Å². The first-order valence-corrected chi connectivity index (χ1v) is 8.10. The number of hydrogen-bond donors (Lipinski definition) is 0. The van der Waals surface area contributed by atoms with Crippen LogP contribution in [0.25, 0.3) is 0 Å². The van der Waals surface area contributed by atoms with E-state index in [9.17, 15) is 4.79 Å². The summed E-state index contributed by atoms with van der Waals surface area (Å²) in [6.45, 7) is 4.17. The summed E-state index contributed by atoms with van der Waals surface area (Å²) in [5, 5.41) is 0. The number of carbonyl (C=O) groups is 1. The van der Waals surface area contributed by atoms with Crippen LogP contribution >= 0.6 is 15.9 Å². The lowest BCUT2D eigenvalue weighted by Gasteiger charge is -2.13. The Bertz CT molecular complexity index is 611. The number of carbonyl (C=O) groups excluding carboxylic acids is 1. The average Bonchev–Trinajstić information content (AvgIpc) is 2.53. The van der Waals surface area contributed by atoms with Crippen molar-refractivity contribution in [3.05, 3.63) is 60.2 Å². The van der Waals surface area contributed by atoms with Crippen LogP contribution < -0.4 is 4.74 Å². The summed E-state index contributed by atoms with van der Waals surface area (Å²) in [7, 11) is 0. The molecular weight excluding hydrogens is 344 g/mol. The second-order valence-corrected chi connectivity index (χ2v) is 6.30. The minimum absolute atomic E-state index is 0.195. The van der Waals surface area contributed by atoms with E-state index in [1.807, 2.05) is 68.4 Å². The van der Waals surface area contributed by atoms with Gasteiger partial charge in [0.25, 0.3) is 0 Å². The molecule has 0 fully saturated rings. The molecule has 0 spiro atoms. The van der Waals surface area contributed by atoms with Crippen LogP contribution in [0.1, 0.15) is 19.4 Å². The quantitative estimate of drug-likeness (QED) is 0.539. The Morgan fingerprint density at radius 1 is 1.05 bits per heavy atom. The molecule has 3 nitrogen and oxygen atoms in total. The normalized spacial score (nSPS) is 12.0. The van der Waals surface area contributed by atoms with Crippen LogP contribution in [-0.2, 0) is 16.1 Å². The molecule has 22 heavy (non-hydrogen) atoms. The van der Waals surface area contributed by atoms with Gasteiger partial charge in [-0.3, -0.25) is 4.79 Å². The van der Waals surface area contributed by atoms with Gasteiger partial charge in [-0.15, -0.1) is 0 Å². The third-order valence-corrected chi connectivity index (χ3v) is 4.50. The largest absolute Gasteiger partial charge is 0.460 e. The highest BCUT2D eigenvalue weighted by Gasteiger charge is 2.20. The number of halogens is 1. The molecule has 4 heteroatoms. The lowest BCUT2D eigenvalue weighted by Crippen LogP contribution is -2.22. The smallest absolute Gasteiger partial charge is 0.320 e. The molecule has 2 aromatic rings. The second kappa shape index (κ2) is 7.99. The minimum Gasteiger partial charge on any atom is -0.460 e. The van der Waals surface area contributed by atoms with E-state index in [1.165, 1.54) is 0 Å². The first-order chi connectivity index (χ1) is 10.6. The Morgan fingerprint density at radius 2 is 1.73 bits per heavy atom. The molecule has 1 atom stereocenters. The van der Waals surface area contributed by atoms with Gasteiger partial charge in [0.15, 0.2) is 0 Å². The molecule has 0 N–H and O–H groups in total. The molecule has 0 bridgehead atoms. The Morgan fingerprint density at radius 3 is 2.41 bits per heavy atom. The maximum atomic E-state index is 11.8. The van der Waals surface area contributed by atoms with Gasteiger partial charge in [0.05, 0.1) is 0 Å². The summed E-state index contributed by atoms with van der Waals surface area (Å²) in [5.74, 6) is 1.45. The maximum Gasteiger partial charge on any atom is 0.320 e. The van der Waals surface area contributed by atoms with Gasteiger partial charge in [-0.2, -0.15) is 0 Å². The molecule has 0 amide bonds. The predicted molar refractivity (Wildman–Crippen MR) is 90.3 cm³/mol. The van der Waals surface area contributed by atoms with Gasteiger partial charge < -0.3 is 9.47 Å². The summed E-state index contributed by atoms with van der Waals surface area (Å²) in [5.41, 5.74) is 0.894. The van der Waals surface area contributed by atoms with E-state index in [0.717, 1.165) is 17.1 Å². The maximum absolute atomic E-state index is 11.8. The summed E-state index contributed by atoms with van der Waals surface area (Å²) >= 11 is 3.34. The molecule has 0 aliphatic carbocycles. The number of benzene rings is 2. The minimum atomic E-state index is -0.281. The predicted octanol–water partition coefficient (Wildman–Crippen LogP) is 4.94. The van der Waals surface area contributed by atoms with Gasteiger partial charge in [-0.25, -0.2) is 0 Å². The summed E-state index contributed by atoms with van der Waals surface area (Å²) in [4.78, 5) is 11.6. The number of para-hydroxylation sites is 1. The molecule has 0 radical (unpaired) electrons. The zero-order chi connectivity index (χ0) is 15.9. The van der Waals surface area contributed by atoms with Crippen molar-refractivity contribution in [3.8, 4) is 11.5 Å². The summed E-state index contributed by atoms with van der Waals surface area (Å²) in [6, 6.07) is 17.1. The van der Waals surface area contributed by atoms with E-state index >= 15 is 0 Å². The van der Waals surface area contributed by atoms with E-state index in [4.69, 9.17) is 9.47 Å². The van der Waals surface area contributed by atoms with Crippen LogP contribution in [0.3, 0.4) is 0 Å². The van der Waals surface area contributed by atoms with Gasteiger partial charge >= 0.3 is 5.97 Å². The number of esters is 1. The third-order valence-electron chi connectivity index (χ3n) is 3.07. The van der Waals surface area contributed by atoms with E-state index in [2.05, 4.69) is 15.9 Å². The van der Waals surface area contributed by atoms with Crippen molar-refractivity contribution >= 4 is 21.9 Å². The van der Waals surface area contributed by atoms with E-state index < -0.39 is 0 Å². The number of ether oxygens (including phenoxy) is 2. The van der Waals surface area contributed by atoms with Crippen molar-refractivity contribution in [3.63, 3.8) is 0 Å². The zero-order valence-corrected chi connectivity index (χ0v) is 14.2. The molecule has 0 saturated heterocycles. The number of hydrogen-bond acceptors (Lipinski definition) is 3. The lowest BCUT2D eigenvalue weighted by atomic mass is 10.1. The van der Waals surface area contributed by atoms with Crippen LogP contribution in [0.5, 0.6) is 11.5 Å². The van der Waals surface area contributed by atoms with Gasteiger partial charge in [-0.1, -0.05) is 60.1 Å². The molecule has 2 rings (SSSR count). The van der Waals surface area contributed by atoms with Crippen LogP contribution in [0, 0.1) is 5.92 Å². The number of rotatable bonds is 6. The van der Waals surface area contributed by atoms with Crippen LogP contribution in [-0.4, -0.2) is 10.8 Å². The Hall–Kier alpha value is -1.81. The fourth-order valence-electron chi connectivity index (χ4n) is 1.83. The number of alkyl halides is 1. The van der Waals surface area contributed by atoms with Crippen molar-refractivity contribution < 1.29 is 14.3 Å². The summed E-state index contributed by atoms with van der Waals surface area (Å²) < 4.78 is 11.1. The first kappa shape index (κ1) is 16.6. The van der Waals surface area contributed by atoms with Gasteiger partial charge in [0.2, 0.25) is 0 Å².